The number of nitrogens with zero attached hydrogens (tertiary/aromatic N) is 4. The zero-order valence-corrected chi connectivity index (χ0v) is 16.7. The Balaban J connectivity index is 2.37. The fourth-order valence-corrected chi connectivity index (χ4v) is 3.51. The molecule has 0 aliphatic heterocycles. The summed E-state index contributed by atoms with van der Waals surface area (Å²) in [7, 11) is 2.78. The first-order valence-corrected chi connectivity index (χ1v) is 8.73. The first kappa shape index (κ1) is 20.4. The van der Waals surface area contributed by atoms with Gasteiger partial charge in [0, 0.05) is 23.3 Å². The number of pyridine rings is 1. The molecule has 1 aliphatic rings. The topological polar surface area (TPSA) is 148 Å². The van der Waals surface area contributed by atoms with Crippen LogP contribution in [0.4, 0.5) is 11.5 Å². The number of rotatable bonds is 4. The number of anilines is 1. The Hall–Kier alpha value is -4.37. The number of allylic oxidation sites excluding steroid dienone is 3. The number of methoxy groups -OCH3 is 2. The van der Waals surface area contributed by atoms with Crippen LogP contribution in [0.25, 0.3) is 17.2 Å². The normalized spacial score (nSPS) is 13.6. The van der Waals surface area contributed by atoms with Crippen LogP contribution >= 0.6 is 0 Å². The van der Waals surface area contributed by atoms with E-state index in [0.717, 1.165) is 0 Å². The maximum Gasteiger partial charge on any atom is 0.311 e. The summed E-state index contributed by atoms with van der Waals surface area (Å²) >= 11 is 0. The number of hydrogen-bond donors (Lipinski definition) is 1. The number of nitriles is 2. The molecule has 2 aromatic rings. The summed E-state index contributed by atoms with van der Waals surface area (Å²) in [6.07, 6.45) is 1.68. The summed E-state index contributed by atoms with van der Waals surface area (Å²) in [6.45, 7) is 3.47. The summed E-state index contributed by atoms with van der Waals surface area (Å²) < 4.78 is 10.5. The SMILES string of the molecule is COc1cc(OC)c([N+](=O)[O-])cc1C=C1C(C)=C(C#N)c2nc(N)c(C#N)c(C)c21. The van der Waals surface area contributed by atoms with Crippen molar-refractivity contribution in [3.05, 3.63) is 55.8 Å². The van der Waals surface area contributed by atoms with E-state index in [1.807, 2.05) is 6.07 Å². The smallest absolute Gasteiger partial charge is 0.311 e. The number of fused-ring (bicyclic) bond motifs is 1. The van der Waals surface area contributed by atoms with Crippen molar-refractivity contribution < 1.29 is 14.4 Å². The van der Waals surface area contributed by atoms with E-state index in [1.54, 1.807) is 19.9 Å². The van der Waals surface area contributed by atoms with Crippen molar-refractivity contribution in [3.8, 4) is 23.6 Å². The first-order valence-electron chi connectivity index (χ1n) is 8.73. The highest BCUT2D eigenvalue weighted by atomic mass is 16.6. The molecule has 0 atom stereocenters. The van der Waals surface area contributed by atoms with Crippen LogP contribution in [0.15, 0.2) is 17.7 Å². The lowest BCUT2D eigenvalue weighted by molar-refractivity contribution is -0.385. The van der Waals surface area contributed by atoms with Crippen molar-refractivity contribution in [1.82, 2.24) is 4.98 Å². The van der Waals surface area contributed by atoms with E-state index in [0.29, 0.717) is 44.9 Å². The highest BCUT2D eigenvalue weighted by Gasteiger charge is 2.30. The lowest BCUT2D eigenvalue weighted by Crippen LogP contribution is -2.04. The third-order valence-corrected chi connectivity index (χ3v) is 5.01. The standard InChI is InChI=1S/C21H17N5O4/c1-10-13(5-12-6-16(26(27)28)18(30-4)7-17(12)29-3)19-11(2)15(9-23)21(24)25-20(19)14(10)8-22/h5-7H,1-4H3,(H2,24,25). The van der Waals surface area contributed by atoms with Crippen molar-refractivity contribution in [2.24, 2.45) is 0 Å². The lowest BCUT2D eigenvalue weighted by Gasteiger charge is -2.12. The number of ether oxygens (including phenoxy) is 2. The minimum absolute atomic E-state index is 0.0493. The number of benzene rings is 1. The molecule has 0 spiro atoms. The van der Waals surface area contributed by atoms with Gasteiger partial charge < -0.3 is 15.2 Å². The summed E-state index contributed by atoms with van der Waals surface area (Å²) in [5.74, 6) is 0.465. The second-order valence-electron chi connectivity index (χ2n) is 6.53. The van der Waals surface area contributed by atoms with Gasteiger partial charge in [-0.25, -0.2) is 4.98 Å². The molecule has 9 heteroatoms. The molecular weight excluding hydrogens is 386 g/mol. The molecule has 1 heterocycles. The van der Waals surface area contributed by atoms with Crippen LogP contribution in [-0.4, -0.2) is 24.1 Å². The van der Waals surface area contributed by atoms with Crippen molar-refractivity contribution >= 4 is 28.7 Å². The van der Waals surface area contributed by atoms with E-state index >= 15 is 0 Å². The largest absolute Gasteiger partial charge is 0.496 e. The molecule has 0 saturated carbocycles. The zero-order valence-electron chi connectivity index (χ0n) is 16.7. The van der Waals surface area contributed by atoms with Gasteiger partial charge in [0.2, 0.25) is 5.75 Å². The Morgan fingerprint density at radius 2 is 1.83 bits per heavy atom. The average molecular weight is 403 g/mol. The number of hydrogen-bond acceptors (Lipinski definition) is 8. The molecule has 1 aromatic carbocycles. The molecule has 0 saturated heterocycles. The van der Waals surface area contributed by atoms with Crippen molar-refractivity contribution in [2.75, 3.05) is 20.0 Å². The second kappa shape index (κ2) is 7.57. The lowest BCUT2D eigenvalue weighted by atomic mass is 9.95. The highest BCUT2D eigenvalue weighted by Crippen LogP contribution is 2.45. The predicted octanol–water partition coefficient (Wildman–Crippen LogP) is 3.62. The van der Waals surface area contributed by atoms with Gasteiger partial charge in [-0.05, 0) is 36.6 Å². The van der Waals surface area contributed by atoms with Gasteiger partial charge in [-0.1, -0.05) is 0 Å². The molecule has 0 unspecified atom stereocenters. The Morgan fingerprint density at radius 1 is 1.17 bits per heavy atom. The number of nitro groups is 1. The molecular formula is C21H17N5O4. The van der Waals surface area contributed by atoms with Crippen LogP contribution in [0, 0.1) is 39.7 Å². The number of nitro benzene ring substituents is 1. The monoisotopic (exact) mass is 403 g/mol. The van der Waals surface area contributed by atoms with Gasteiger partial charge in [-0.15, -0.1) is 0 Å². The van der Waals surface area contributed by atoms with Gasteiger partial charge in [0.05, 0.1) is 36.0 Å². The first-order chi connectivity index (χ1) is 14.3. The predicted molar refractivity (Wildman–Crippen MR) is 110 cm³/mol. The van der Waals surface area contributed by atoms with E-state index in [9.17, 15) is 20.6 Å². The number of nitrogens with two attached hydrogens (primary N) is 1. The number of nitrogen functional groups attached to an aromatic ring is 1. The van der Waals surface area contributed by atoms with Gasteiger partial charge in [-0.3, -0.25) is 10.1 Å². The van der Waals surface area contributed by atoms with E-state index < -0.39 is 4.92 Å². The van der Waals surface area contributed by atoms with Gasteiger partial charge in [-0.2, -0.15) is 10.5 Å². The van der Waals surface area contributed by atoms with Crippen LogP contribution in [0.1, 0.15) is 34.9 Å². The summed E-state index contributed by atoms with van der Waals surface area (Å²) in [5, 5.41) is 30.6. The van der Waals surface area contributed by atoms with E-state index in [4.69, 9.17) is 15.2 Å². The van der Waals surface area contributed by atoms with Crippen LogP contribution in [-0.2, 0) is 0 Å². The molecule has 0 amide bonds. The molecule has 3 rings (SSSR count). The number of aromatic nitrogens is 1. The van der Waals surface area contributed by atoms with Crippen molar-refractivity contribution in [3.63, 3.8) is 0 Å². The van der Waals surface area contributed by atoms with Gasteiger partial charge in [0.25, 0.3) is 0 Å². The highest BCUT2D eigenvalue weighted by molar-refractivity contribution is 6.09. The fraction of sp³-hybridized carbons (Fsp3) is 0.190. The average Bonchev–Trinajstić information content (AvgIpc) is 2.98. The minimum atomic E-state index is -0.548. The Morgan fingerprint density at radius 3 is 2.37 bits per heavy atom. The Labute approximate surface area is 172 Å². The third kappa shape index (κ3) is 2.99. The molecule has 0 bridgehead atoms. The Bertz CT molecular complexity index is 1250. The molecule has 0 fully saturated rings. The van der Waals surface area contributed by atoms with Crippen LogP contribution in [0.5, 0.6) is 11.5 Å². The summed E-state index contributed by atoms with van der Waals surface area (Å²) in [6, 6.07) is 6.94. The van der Waals surface area contributed by atoms with E-state index in [-0.39, 0.29) is 22.8 Å². The molecule has 30 heavy (non-hydrogen) atoms. The molecule has 2 N–H and O–H groups in total. The summed E-state index contributed by atoms with van der Waals surface area (Å²) in [5.41, 5.74) is 9.44. The van der Waals surface area contributed by atoms with Crippen LogP contribution in [0.3, 0.4) is 0 Å². The molecule has 0 radical (unpaired) electrons. The van der Waals surface area contributed by atoms with Crippen molar-refractivity contribution in [1.29, 1.82) is 10.5 Å². The van der Waals surface area contributed by atoms with Gasteiger partial charge in [0.15, 0.2) is 0 Å². The van der Waals surface area contributed by atoms with E-state index in [1.165, 1.54) is 26.4 Å². The molecule has 9 nitrogen and oxygen atoms in total. The van der Waals surface area contributed by atoms with Crippen molar-refractivity contribution in [2.45, 2.75) is 13.8 Å². The fourth-order valence-electron chi connectivity index (χ4n) is 3.51. The zero-order chi connectivity index (χ0) is 22.2. The third-order valence-electron chi connectivity index (χ3n) is 5.01. The quantitative estimate of drug-likeness (QED) is 0.601. The minimum Gasteiger partial charge on any atom is -0.496 e. The maximum atomic E-state index is 11.5. The molecule has 150 valence electrons. The van der Waals surface area contributed by atoms with Gasteiger partial charge in [0.1, 0.15) is 23.7 Å². The maximum absolute atomic E-state index is 11.5. The van der Waals surface area contributed by atoms with Crippen LogP contribution < -0.4 is 15.2 Å². The molecule has 1 aromatic heterocycles. The van der Waals surface area contributed by atoms with E-state index in [2.05, 4.69) is 11.1 Å². The summed E-state index contributed by atoms with van der Waals surface area (Å²) in [4.78, 5) is 15.2. The van der Waals surface area contributed by atoms with Gasteiger partial charge >= 0.3 is 5.69 Å². The molecule has 1 aliphatic carbocycles. The second-order valence-corrected chi connectivity index (χ2v) is 6.53. The Kier molecular flexibility index (Phi) is 5.14. The van der Waals surface area contributed by atoms with Crippen LogP contribution in [0.2, 0.25) is 0 Å².